The van der Waals surface area contributed by atoms with Gasteiger partial charge in [-0.15, -0.1) is 0 Å². The second kappa shape index (κ2) is 3.92. The maximum atomic E-state index is 6.21. The minimum atomic E-state index is -0.0934. The van der Waals surface area contributed by atoms with Gasteiger partial charge in [0, 0.05) is 5.02 Å². The highest BCUT2D eigenvalue weighted by Crippen LogP contribution is 2.41. The molecule has 78 valence electrons. The third kappa shape index (κ3) is 2.18. The van der Waals surface area contributed by atoms with Crippen LogP contribution in [0, 0.1) is 6.92 Å². The number of aryl methyl sites for hydroxylation is 1. The molecule has 1 aromatic rings. The molecule has 1 aromatic carbocycles. The summed E-state index contributed by atoms with van der Waals surface area (Å²) < 4.78 is 0. The highest BCUT2D eigenvalue weighted by molar-refractivity contribution is 6.44. The monoisotopic (exact) mass is 250 g/mol. The predicted molar refractivity (Wildman–Crippen MR) is 64.9 cm³/mol. The summed E-state index contributed by atoms with van der Waals surface area (Å²) in [4.78, 5) is 0. The van der Waals surface area contributed by atoms with Gasteiger partial charge in [-0.2, -0.15) is 0 Å². The molecule has 1 rings (SSSR count). The van der Waals surface area contributed by atoms with E-state index in [1.165, 1.54) is 0 Å². The summed E-state index contributed by atoms with van der Waals surface area (Å²) in [5, 5.41) is 1.85. The molecule has 0 spiro atoms. The highest BCUT2D eigenvalue weighted by Gasteiger charge is 2.23. The van der Waals surface area contributed by atoms with Crippen molar-refractivity contribution < 1.29 is 0 Å². The van der Waals surface area contributed by atoms with Gasteiger partial charge in [0.25, 0.3) is 0 Å². The minimum absolute atomic E-state index is 0.0934. The molecule has 0 atom stereocenters. The van der Waals surface area contributed by atoms with Crippen LogP contribution < -0.4 is 0 Å². The Bertz CT molecular complexity index is 336. The summed E-state index contributed by atoms with van der Waals surface area (Å²) >= 11 is 18.4. The van der Waals surface area contributed by atoms with Crippen molar-refractivity contribution in [2.24, 2.45) is 0 Å². The minimum Gasteiger partial charge on any atom is -0.0837 e. The molecular weight excluding hydrogens is 238 g/mol. The van der Waals surface area contributed by atoms with E-state index in [1.54, 1.807) is 6.07 Å². The Hall–Kier alpha value is 0.0900. The first-order valence-corrected chi connectivity index (χ1v) is 5.53. The SMILES string of the molecule is Cc1cc(Cl)c(Cl)c(C(C)(C)C)c1Cl. The van der Waals surface area contributed by atoms with Gasteiger partial charge < -0.3 is 0 Å². The van der Waals surface area contributed by atoms with E-state index in [1.807, 2.05) is 6.92 Å². The van der Waals surface area contributed by atoms with Crippen molar-refractivity contribution in [1.82, 2.24) is 0 Å². The van der Waals surface area contributed by atoms with Crippen LogP contribution in [0.4, 0.5) is 0 Å². The Balaban J connectivity index is 3.56. The van der Waals surface area contributed by atoms with E-state index in [2.05, 4.69) is 20.8 Å². The van der Waals surface area contributed by atoms with Gasteiger partial charge in [0.2, 0.25) is 0 Å². The second-order valence-electron chi connectivity index (χ2n) is 4.43. The Morgan fingerprint density at radius 3 is 1.93 bits per heavy atom. The maximum absolute atomic E-state index is 6.21. The Labute approximate surface area is 100 Å². The maximum Gasteiger partial charge on any atom is 0.0644 e. The lowest BCUT2D eigenvalue weighted by Gasteiger charge is -2.23. The topological polar surface area (TPSA) is 0 Å². The lowest BCUT2D eigenvalue weighted by molar-refractivity contribution is 0.590. The molecule has 0 radical (unpaired) electrons. The van der Waals surface area contributed by atoms with E-state index in [0.29, 0.717) is 15.1 Å². The molecule has 0 nitrogen and oxygen atoms in total. The normalized spacial score (nSPS) is 11.9. The number of halogens is 3. The van der Waals surface area contributed by atoms with Crippen LogP contribution >= 0.6 is 34.8 Å². The summed E-state index contributed by atoms with van der Waals surface area (Å²) in [5.74, 6) is 0. The van der Waals surface area contributed by atoms with Gasteiger partial charge in [-0.25, -0.2) is 0 Å². The zero-order chi connectivity index (χ0) is 11.1. The van der Waals surface area contributed by atoms with Crippen LogP contribution in [0.25, 0.3) is 0 Å². The lowest BCUT2D eigenvalue weighted by atomic mass is 9.86. The van der Waals surface area contributed by atoms with E-state index in [4.69, 9.17) is 34.8 Å². The van der Waals surface area contributed by atoms with Crippen LogP contribution in [0.15, 0.2) is 6.07 Å². The fraction of sp³-hybridized carbons (Fsp3) is 0.455. The van der Waals surface area contributed by atoms with E-state index in [0.717, 1.165) is 11.1 Å². The molecule has 0 amide bonds. The van der Waals surface area contributed by atoms with Crippen LogP contribution in [-0.2, 0) is 5.41 Å². The van der Waals surface area contributed by atoms with Gasteiger partial charge in [-0.05, 0) is 29.5 Å². The number of hydrogen-bond acceptors (Lipinski definition) is 0. The summed E-state index contributed by atoms with van der Waals surface area (Å²) in [7, 11) is 0. The zero-order valence-corrected chi connectivity index (χ0v) is 11.0. The fourth-order valence-corrected chi connectivity index (χ4v) is 2.56. The summed E-state index contributed by atoms with van der Waals surface area (Å²) in [6.45, 7) is 8.13. The van der Waals surface area contributed by atoms with Gasteiger partial charge in [-0.1, -0.05) is 55.6 Å². The van der Waals surface area contributed by atoms with E-state index in [-0.39, 0.29) is 5.41 Å². The molecule has 14 heavy (non-hydrogen) atoms. The van der Waals surface area contributed by atoms with Gasteiger partial charge in [0.1, 0.15) is 0 Å². The van der Waals surface area contributed by atoms with Gasteiger partial charge in [-0.3, -0.25) is 0 Å². The molecule has 0 saturated carbocycles. The molecule has 0 aromatic heterocycles. The largest absolute Gasteiger partial charge is 0.0837 e. The predicted octanol–water partition coefficient (Wildman–Crippen LogP) is 5.25. The Kier molecular flexibility index (Phi) is 3.41. The highest BCUT2D eigenvalue weighted by atomic mass is 35.5. The summed E-state index contributed by atoms with van der Waals surface area (Å²) in [6.07, 6.45) is 0. The number of hydrogen-bond donors (Lipinski definition) is 0. The Morgan fingerprint density at radius 2 is 1.50 bits per heavy atom. The average Bonchev–Trinajstić information content (AvgIpc) is 1.98. The molecule has 0 unspecified atom stereocenters. The van der Waals surface area contributed by atoms with Crippen LogP contribution in [0.2, 0.25) is 15.1 Å². The quantitative estimate of drug-likeness (QED) is 0.552. The van der Waals surface area contributed by atoms with Gasteiger partial charge >= 0.3 is 0 Å². The molecule has 0 N–H and O–H groups in total. The van der Waals surface area contributed by atoms with E-state index >= 15 is 0 Å². The van der Waals surface area contributed by atoms with Crippen molar-refractivity contribution in [3.05, 3.63) is 32.3 Å². The molecule has 0 fully saturated rings. The first kappa shape index (κ1) is 12.2. The van der Waals surface area contributed by atoms with Crippen molar-refractivity contribution in [3.8, 4) is 0 Å². The van der Waals surface area contributed by atoms with Crippen molar-refractivity contribution >= 4 is 34.8 Å². The number of rotatable bonds is 0. The second-order valence-corrected chi connectivity index (χ2v) is 5.59. The molecule has 0 aliphatic heterocycles. The van der Waals surface area contributed by atoms with Crippen molar-refractivity contribution in [2.75, 3.05) is 0 Å². The molecule has 0 aliphatic rings. The zero-order valence-electron chi connectivity index (χ0n) is 8.71. The lowest BCUT2D eigenvalue weighted by Crippen LogP contribution is -2.13. The van der Waals surface area contributed by atoms with Crippen molar-refractivity contribution in [2.45, 2.75) is 33.1 Å². The fourth-order valence-electron chi connectivity index (χ4n) is 1.39. The van der Waals surface area contributed by atoms with Crippen molar-refractivity contribution in [1.29, 1.82) is 0 Å². The standard InChI is InChI=1S/C11H13Cl3/c1-6-5-7(12)10(14)8(9(6)13)11(2,3)4/h5H,1-4H3. The molecular formula is C11H13Cl3. The summed E-state index contributed by atoms with van der Waals surface area (Å²) in [5.41, 5.74) is 1.79. The van der Waals surface area contributed by atoms with Crippen LogP contribution in [0.5, 0.6) is 0 Å². The number of benzene rings is 1. The van der Waals surface area contributed by atoms with Gasteiger partial charge in [0.05, 0.1) is 10.0 Å². The molecule has 3 heteroatoms. The molecule has 0 bridgehead atoms. The van der Waals surface area contributed by atoms with Crippen molar-refractivity contribution in [3.63, 3.8) is 0 Å². The van der Waals surface area contributed by atoms with Crippen LogP contribution in [0.3, 0.4) is 0 Å². The summed E-state index contributed by atoms with van der Waals surface area (Å²) in [6, 6.07) is 1.79. The van der Waals surface area contributed by atoms with E-state index < -0.39 is 0 Å². The third-order valence-electron chi connectivity index (χ3n) is 2.09. The Morgan fingerprint density at radius 1 is 1.00 bits per heavy atom. The van der Waals surface area contributed by atoms with Crippen LogP contribution in [0.1, 0.15) is 31.9 Å². The molecule has 0 saturated heterocycles. The first-order valence-electron chi connectivity index (χ1n) is 4.39. The molecule has 0 aliphatic carbocycles. The first-order chi connectivity index (χ1) is 6.25. The smallest absolute Gasteiger partial charge is 0.0644 e. The average molecular weight is 252 g/mol. The van der Waals surface area contributed by atoms with Gasteiger partial charge in [0.15, 0.2) is 0 Å². The van der Waals surface area contributed by atoms with Crippen LogP contribution in [-0.4, -0.2) is 0 Å². The third-order valence-corrected chi connectivity index (χ3v) is 3.36. The molecule has 0 heterocycles. The van der Waals surface area contributed by atoms with E-state index in [9.17, 15) is 0 Å².